The van der Waals surface area contributed by atoms with Crippen LogP contribution in [-0.4, -0.2) is 27.0 Å². The molecule has 144 valence electrons. The van der Waals surface area contributed by atoms with E-state index in [2.05, 4.69) is 18.9 Å². The van der Waals surface area contributed by atoms with Gasteiger partial charge in [-0.15, -0.1) is 0 Å². The van der Waals surface area contributed by atoms with E-state index in [0.717, 1.165) is 43.2 Å². The summed E-state index contributed by atoms with van der Waals surface area (Å²) in [6.07, 6.45) is 9.88. The predicted molar refractivity (Wildman–Crippen MR) is 98.3 cm³/mol. The lowest BCUT2D eigenvalue weighted by Gasteiger charge is -2.34. The molecule has 3 atom stereocenters. The standard InChI is InChI=1S/C20H30N2O4/c1-13-6-5-7-14(2)19(13)26-16-11-18(23)22(21-12-16)17(20(24)25)10-15-8-3-4-9-15/h11-15,17,19H,3-10H2,1-2H3,(H,24,25). The van der Waals surface area contributed by atoms with Crippen LogP contribution < -0.4 is 10.3 Å². The van der Waals surface area contributed by atoms with Crippen molar-refractivity contribution in [2.24, 2.45) is 17.8 Å². The maximum absolute atomic E-state index is 12.5. The molecule has 0 aliphatic heterocycles. The fraction of sp³-hybridized carbons (Fsp3) is 0.750. The molecule has 0 radical (unpaired) electrons. The number of hydrogen-bond acceptors (Lipinski definition) is 4. The SMILES string of the molecule is CC1CCCC(C)C1Oc1cnn(C(CC2CCCC2)C(=O)O)c(=O)c1. The molecule has 6 heteroatoms. The van der Waals surface area contributed by atoms with Crippen molar-refractivity contribution in [2.75, 3.05) is 0 Å². The van der Waals surface area contributed by atoms with Gasteiger partial charge in [-0.3, -0.25) is 4.79 Å². The Hall–Kier alpha value is -1.85. The van der Waals surface area contributed by atoms with Crippen LogP contribution in [0.4, 0.5) is 0 Å². The first-order valence-corrected chi connectivity index (χ1v) is 9.94. The lowest BCUT2D eigenvalue weighted by molar-refractivity contribution is -0.142. The zero-order valence-electron chi connectivity index (χ0n) is 15.8. The monoisotopic (exact) mass is 362 g/mol. The molecule has 1 aromatic heterocycles. The number of nitrogens with zero attached hydrogens (tertiary/aromatic N) is 2. The second kappa shape index (κ2) is 8.23. The zero-order valence-corrected chi connectivity index (χ0v) is 15.8. The first kappa shape index (κ1) is 18.9. The van der Waals surface area contributed by atoms with Crippen molar-refractivity contribution in [2.45, 2.75) is 77.4 Å². The van der Waals surface area contributed by atoms with Gasteiger partial charge in [0.1, 0.15) is 11.9 Å². The highest BCUT2D eigenvalue weighted by molar-refractivity contribution is 5.71. The summed E-state index contributed by atoms with van der Waals surface area (Å²) in [4.78, 5) is 24.2. The lowest BCUT2D eigenvalue weighted by Crippen LogP contribution is -2.36. The Morgan fingerprint density at radius 3 is 2.46 bits per heavy atom. The minimum absolute atomic E-state index is 0.0783. The summed E-state index contributed by atoms with van der Waals surface area (Å²) in [6.45, 7) is 4.36. The van der Waals surface area contributed by atoms with Crippen molar-refractivity contribution in [1.29, 1.82) is 0 Å². The van der Waals surface area contributed by atoms with Crippen molar-refractivity contribution in [3.63, 3.8) is 0 Å². The van der Waals surface area contributed by atoms with Gasteiger partial charge >= 0.3 is 5.97 Å². The lowest BCUT2D eigenvalue weighted by atomic mass is 9.80. The average molecular weight is 362 g/mol. The van der Waals surface area contributed by atoms with Crippen molar-refractivity contribution < 1.29 is 14.6 Å². The third-order valence-electron chi connectivity index (χ3n) is 6.13. The molecule has 0 amide bonds. The largest absolute Gasteiger partial charge is 0.488 e. The smallest absolute Gasteiger partial charge is 0.328 e. The highest BCUT2D eigenvalue weighted by Crippen LogP contribution is 2.33. The molecule has 2 aliphatic carbocycles. The van der Waals surface area contributed by atoms with E-state index in [0.29, 0.717) is 29.9 Å². The molecule has 1 aromatic rings. The van der Waals surface area contributed by atoms with Gasteiger partial charge in [-0.1, -0.05) is 46.0 Å². The Labute approximate surface area is 154 Å². The average Bonchev–Trinajstić information content (AvgIpc) is 3.10. The van der Waals surface area contributed by atoms with Crippen molar-refractivity contribution in [1.82, 2.24) is 9.78 Å². The van der Waals surface area contributed by atoms with Crippen LogP contribution in [0.15, 0.2) is 17.1 Å². The maximum atomic E-state index is 12.5. The van der Waals surface area contributed by atoms with Gasteiger partial charge in [-0.2, -0.15) is 5.10 Å². The van der Waals surface area contributed by atoms with Gasteiger partial charge in [0.25, 0.3) is 5.56 Å². The molecule has 0 saturated heterocycles. The van der Waals surface area contributed by atoms with Crippen molar-refractivity contribution in [3.8, 4) is 5.75 Å². The highest BCUT2D eigenvalue weighted by Gasteiger charge is 2.31. The minimum Gasteiger partial charge on any atom is -0.488 e. The number of ether oxygens (including phenoxy) is 1. The van der Waals surface area contributed by atoms with Gasteiger partial charge in [0.05, 0.1) is 6.20 Å². The number of aromatic nitrogens is 2. The van der Waals surface area contributed by atoms with Crippen LogP contribution >= 0.6 is 0 Å². The topological polar surface area (TPSA) is 81.4 Å². The predicted octanol–water partition coefficient (Wildman–Crippen LogP) is 3.65. The van der Waals surface area contributed by atoms with Crippen LogP contribution in [0.2, 0.25) is 0 Å². The van der Waals surface area contributed by atoms with Crippen molar-refractivity contribution >= 4 is 5.97 Å². The second-order valence-electron chi connectivity index (χ2n) is 8.18. The molecule has 2 aliphatic rings. The minimum atomic E-state index is -0.991. The molecular formula is C20H30N2O4. The van der Waals surface area contributed by atoms with Gasteiger partial charge in [-0.05, 0) is 37.0 Å². The molecule has 3 unspecified atom stereocenters. The van der Waals surface area contributed by atoms with Gasteiger partial charge in [0, 0.05) is 6.07 Å². The Balaban J connectivity index is 1.75. The summed E-state index contributed by atoms with van der Waals surface area (Å²) in [6, 6.07) is 0.498. The molecule has 6 nitrogen and oxygen atoms in total. The van der Waals surface area contributed by atoms with Crippen molar-refractivity contribution in [3.05, 3.63) is 22.6 Å². The number of carbonyl (C=O) groups is 1. The summed E-state index contributed by atoms with van der Waals surface area (Å²) in [5, 5.41) is 13.7. The van der Waals surface area contributed by atoms with Gasteiger partial charge in [0.2, 0.25) is 0 Å². The van der Waals surface area contributed by atoms with E-state index in [1.54, 1.807) is 0 Å². The number of rotatable bonds is 6. The van der Waals surface area contributed by atoms with Gasteiger partial charge in [-0.25, -0.2) is 9.48 Å². The Morgan fingerprint density at radius 2 is 1.88 bits per heavy atom. The molecule has 2 saturated carbocycles. The first-order valence-electron chi connectivity index (χ1n) is 9.94. The maximum Gasteiger partial charge on any atom is 0.328 e. The molecule has 2 fully saturated rings. The van der Waals surface area contributed by atoms with E-state index in [4.69, 9.17) is 4.74 Å². The molecule has 3 rings (SSSR count). The molecule has 1 heterocycles. The van der Waals surface area contributed by atoms with E-state index in [1.165, 1.54) is 18.7 Å². The zero-order chi connectivity index (χ0) is 18.7. The van der Waals surface area contributed by atoms with Crippen LogP contribution in [-0.2, 0) is 4.79 Å². The third kappa shape index (κ3) is 4.27. The highest BCUT2D eigenvalue weighted by atomic mass is 16.5. The van der Waals surface area contributed by atoms with Crippen LogP contribution in [0.3, 0.4) is 0 Å². The summed E-state index contributed by atoms with van der Waals surface area (Å²) in [7, 11) is 0. The fourth-order valence-electron chi connectivity index (χ4n) is 4.61. The Morgan fingerprint density at radius 1 is 1.23 bits per heavy atom. The molecule has 26 heavy (non-hydrogen) atoms. The number of aliphatic carboxylic acids is 1. The second-order valence-corrected chi connectivity index (χ2v) is 8.18. The van der Waals surface area contributed by atoms with Gasteiger partial charge < -0.3 is 9.84 Å². The summed E-state index contributed by atoms with van der Waals surface area (Å²) >= 11 is 0. The van der Waals surface area contributed by atoms with E-state index >= 15 is 0 Å². The Bertz CT molecular complexity index is 671. The third-order valence-corrected chi connectivity index (χ3v) is 6.13. The normalized spacial score (nSPS) is 28.0. The van der Waals surface area contributed by atoms with Crippen LogP contribution in [0.1, 0.15) is 71.3 Å². The van der Waals surface area contributed by atoms with E-state index in [1.807, 2.05) is 0 Å². The van der Waals surface area contributed by atoms with Crippen LogP contribution in [0.25, 0.3) is 0 Å². The number of carboxylic acids is 1. The first-order chi connectivity index (χ1) is 12.5. The van der Waals surface area contributed by atoms with E-state index in [-0.39, 0.29) is 6.10 Å². The summed E-state index contributed by atoms with van der Waals surface area (Å²) < 4.78 is 7.18. The van der Waals surface area contributed by atoms with E-state index in [9.17, 15) is 14.7 Å². The van der Waals surface area contributed by atoms with Crippen LogP contribution in [0, 0.1) is 17.8 Å². The summed E-state index contributed by atoms with van der Waals surface area (Å²) in [5.74, 6) is 0.701. The molecule has 0 spiro atoms. The fourth-order valence-corrected chi connectivity index (χ4v) is 4.61. The Kier molecular flexibility index (Phi) is 5.99. The molecule has 0 aromatic carbocycles. The quantitative estimate of drug-likeness (QED) is 0.835. The number of hydrogen-bond donors (Lipinski definition) is 1. The van der Waals surface area contributed by atoms with Gasteiger partial charge in [0.15, 0.2) is 6.04 Å². The number of carboxylic acid groups (broad SMARTS) is 1. The summed E-state index contributed by atoms with van der Waals surface area (Å²) in [5.41, 5.74) is -0.399. The van der Waals surface area contributed by atoms with Crippen LogP contribution in [0.5, 0.6) is 5.75 Å². The molecule has 0 bridgehead atoms. The molecular weight excluding hydrogens is 332 g/mol. The molecule has 1 N–H and O–H groups in total. The van der Waals surface area contributed by atoms with E-state index < -0.39 is 17.6 Å².